The minimum Gasteiger partial charge on any atom is -0.481 e. The third-order valence-electron chi connectivity index (χ3n) is 10.0. The van der Waals surface area contributed by atoms with Crippen LogP contribution in [0.15, 0.2) is 11.6 Å². The molecule has 0 unspecified atom stereocenters. The number of ether oxygens (including phenoxy) is 2. The van der Waals surface area contributed by atoms with E-state index in [1.54, 1.807) is 6.92 Å². The van der Waals surface area contributed by atoms with Crippen molar-refractivity contribution in [3.05, 3.63) is 11.6 Å². The van der Waals surface area contributed by atoms with E-state index in [2.05, 4.69) is 0 Å². The van der Waals surface area contributed by atoms with Crippen LogP contribution >= 0.6 is 0 Å². The molecule has 0 aromatic rings. The molecule has 0 saturated heterocycles. The maximum atomic E-state index is 13.4. The number of rotatable bonds is 5. The monoisotopic (exact) mass is 530 g/mol. The van der Waals surface area contributed by atoms with Crippen LogP contribution in [0.2, 0.25) is 0 Å². The predicted molar refractivity (Wildman–Crippen MR) is 121 cm³/mol. The lowest BCUT2D eigenvalue weighted by Gasteiger charge is -2.62. The van der Waals surface area contributed by atoms with Crippen molar-refractivity contribution in [3.63, 3.8) is 0 Å². The van der Waals surface area contributed by atoms with Crippen LogP contribution in [0.3, 0.4) is 0 Å². The summed E-state index contributed by atoms with van der Waals surface area (Å²) in [6.45, 7) is 3.54. The number of aliphatic carboxylic acids is 1. The Hall–Kier alpha value is -2.43. The Labute approximate surface area is 212 Å². The second kappa shape index (κ2) is 9.10. The average molecular weight is 531 g/mol. The molecule has 0 bridgehead atoms. The van der Waals surface area contributed by atoms with Gasteiger partial charge in [-0.15, -0.1) is 0 Å². The van der Waals surface area contributed by atoms with Gasteiger partial charge in [0.2, 0.25) is 0 Å². The van der Waals surface area contributed by atoms with Gasteiger partial charge in [0.15, 0.2) is 5.78 Å². The summed E-state index contributed by atoms with van der Waals surface area (Å²) >= 11 is 0. The summed E-state index contributed by atoms with van der Waals surface area (Å²) in [4.78, 5) is 48.8. The largest absolute Gasteiger partial charge is 0.490 e. The van der Waals surface area contributed by atoms with E-state index in [0.717, 1.165) is 0 Å². The number of carboxylic acids is 1. The van der Waals surface area contributed by atoms with Gasteiger partial charge in [0.05, 0.1) is 18.6 Å². The Morgan fingerprint density at radius 3 is 2.46 bits per heavy atom. The molecule has 37 heavy (non-hydrogen) atoms. The highest BCUT2D eigenvalue weighted by atomic mass is 19.4. The van der Waals surface area contributed by atoms with Crippen molar-refractivity contribution in [2.24, 2.45) is 34.5 Å². The number of hydrogen-bond donors (Lipinski definition) is 2. The Balaban J connectivity index is 1.87. The van der Waals surface area contributed by atoms with Crippen molar-refractivity contribution in [2.45, 2.75) is 83.1 Å². The van der Waals surface area contributed by atoms with E-state index in [1.807, 2.05) is 6.92 Å². The molecule has 0 heterocycles. The van der Waals surface area contributed by atoms with Crippen LogP contribution in [0.1, 0.15) is 65.2 Å². The van der Waals surface area contributed by atoms with Crippen LogP contribution in [0.25, 0.3) is 0 Å². The van der Waals surface area contributed by atoms with Crippen LogP contribution in [-0.4, -0.2) is 58.9 Å². The maximum Gasteiger partial charge on any atom is 0.490 e. The number of aliphatic hydroxyl groups is 1. The smallest absolute Gasteiger partial charge is 0.481 e. The number of alkyl halides is 3. The zero-order valence-corrected chi connectivity index (χ0v) is 21.1. The first-order valence-corrected chi connectivity index (χ1v) is 12.6. The van der Waals surface area contributed by atoms with Crippen LogP contribution < -0.4 is 0 Å². The molecule has 4 rings (SSSR count). The number of carboxylic acid groups (broad SMARTS) is 1. The normalized spacial score (nSPS) is 41.1. The molecule has 0 amide bonds. The summed E-state index contributed by atoms with van der Waals surface area (Å²) in [5.74, 6) is -6.71. The number of carbonyl (C=O) groups is 4. The van der Waals surface area contributed by atoms with Crippen LogP contribution in [0, 0.1) is 34.5 Å². The van der Waals surface area contributed by atoms with Gasteiger partial charge in [-0.05, 0) is 61.9 Å². The van der Waals surface area contributed by atoms with E-state index in [-0.39, 0.29) is 50.2 Å². The lowest BCUT2D eigenvalue weighted by atomic mass is 9.43. The lowest BCUT2D eigenvalue weighted by molar-refractivity contribution is -0.232. The molecule has 4 aliphatic carbocycles. The van der Waals surface area contributed by atoms with Crippen LogP contribution in [0.5, 0.6) is 0 Å². The van der Waals surface area contributed by atoms with E-state index >= 15 is 0 Å². The number of hydrogen-bond acceptors (Lipinski definition) is 7. The summed E-state index contributed by atoms with van der Waals surface area (Å²) < 4.78 is 50.4. The van der Waals surface area contributed by atoms with Crippen molar-refractivity contribution in [1.29, 1.82) is 0 Å². The quantitative estimate of drug-likeness (QED) is 0.517. The third kappa shape index (κ3) is 4.36. The summed E-state index contributed by atoms with van der Waals surface area (Å²) in [7, 11) is 1.21. The number of carbonyl (C=O) groups excluding carboxylic acids is 3. The Kier molecular flexibility index (Phi) is 6.79. The van der Waals surface area contributed by atoms with Crippen molar-refractivity contribution in [3.8, 4) is 0 Å². The Morgan fingerprint density at radius 1 is 1.19 bits per heavy atom. The molecule has 2 N–H and O–H groups in total. The maximum absolute atomic E-state index is 13.4. The van der Waals surface area contributed by atoms with Gasteiger partial charge in [0.1, 0.15) is 6.10 Å². The van der Waals surface area contributed by atoms with E-state index in [9.17, 15) is 42.6 Å². The molecule has 0 aromatic carbocycles. The van der Waals surface area contributed by atoms with Crippen molar-refractivity contribution >= 4 is 23.7 Å². The van der Waals surface area contributed by atoms with Gasteiger partial charge in [-0.2, -0.15) is 13.2 Å². The summed E-state index contributed by atoms with van der Waals surface area (Å²) in [6.07, 6.45) is -4.37. The van der Waals surface area contributed by atoms with Gasteiger partial charge < -0.3 is 19.7 Å². The van der Waals surface area contributed by atoms with E-state index in [1.165, 1.54) is 13.2 Å². The SMILES string of the molecule is COC(=O)[C@@H]1CC2=CC(=O)CC[C@]2(C)[C@@H]2[C@@H]1[C@@H]1CC[C@@](O)(CCC(=O)O)[C@@]1(C)C[C@H]2OC(=O)C(F)(F)F. The minimum atomic E-state index is -5.25. The first-order valence-electron chi connectivity index (χ1n) is 12.6. The van der Waals surface area contributed by atoms with Crippen molar-refractivity contribution in [1.82, 2.24) is 0 Å². The van der Waals surface area contributed by atoms with Gasteiger partial charge in [-0.25, -0.2) is 4.79 Å². The molecule has 11 heteroatoms. The predicted octanol–water partition coefficient (Wildman–Crippen LogP) is 3.60. The highest BCUT2D eigenvalue weighted by Crippen LogP contribution is 2.69. The van der Waals surface area contributed by atoms with Gasteiger partial charge in [-0.1, -0.05) is 19.4 Å². The molecule has 0 radical (unpaired) electrons. The standard InChI is InChI=1S/C26H33F3O8/c1-23-7-4-14(30)10-13(23)11-15(21(33)36-3)19-16-5-8-25(35,9-6-18(31)32)24(16,2)12-17(20(19)23)37-22(34)26(27,28)29/h10,15-17,19-20,35H,4-9,11-12H2,1-3H3,(H,31,32)/t15-,16+,17-,19+,20+,23+,24+,25-/m1/s1. The fraction of sp³-hybridized carbons (Fsp3) is 0.769. The van der Waals surface area contributed by atoms with Gasteiger partial charge in [-0.3, -0.25) is 14.4 Å². The number of allylic oxidation sites excluding steroid dienone is 1. The molecule has 206 valence electrons. The van der Waals surface area contributed by atoms with E-state index < -0.39 is 64.4 Å². The fourth-order valence-electron chi connectivity index (χ4n) is 8.17. The zero-order chi connectivity index (χ0) is 27.6. The minimum absolute atomic E-state index is 0.119. The molecular formula is C26H33F3O8. The highest BCUT2D eigenvalue weighted by molar-refractivity contribution is 5.92. The summed E-state index contributed by atoms with van der Waals surface area (Å²) in [5, 5.41) is 21.0. The molecule has 8 nitrogen and oxygen atoms in total. The van der Waals surface area contributed by atoms with E-state index in [4.69, 9.17) is 9.47 Å². The Bertz CT molecular complexity index is 1040. The fourth-order valence-corrected chi connectivity index (χ4v) is 8.17. The average Bonchev–Trinajstić information content (AvgIpc) is 3.07. The van der Waals surface area contributed by atoms with Gasteiger partial charge in [0.25, 0.3) is 0 Å². The number of esters is 2. The molecule has 0 aromatic heterocycles. The molecule has 0 spiro atoms. The number of fused-ring (bicyclic) bond motifs is 5. The molecule has 4 aliphatic rings. The molecular weight excluding hydrogens is 497 g/mol. The number of methoxy groups -OCH3 is 1. The van der Waals surface area contributed by atoms with E-state index in [0.29, 0.717) is 18.4 Å². The highest BCUT2D eigenvalue weighted by Gasteiger charge is 2.70. The second-order valence-electron chi connectivity index (χ2n) is 11.6. The lowest BCUT2D eigenvalue weighted by Crippen LogP contribution is -2.63. The van der Waals surface area contributed by atoms with Gasteiger partial charge >= 0.3 is 24.1 Å². The zero-order valence-electron chi connectivity index (χ0n) is 21.1. The second-order valence-corrected chi connectivity index (χ2v) is 11.6. The van der Waals surface area contributed by atoms with Crippen molar-refractivity contribution < 1.29 is 52.0 Å². The summed E-state index contributed by atoms with van der Waals surface area (Å²) in [6, 6.07) is 0. The first-order chi connectivity index (χ1) is 17.1. The number of ketones is 1. The summed E-state index contributed by atoms with van der Waals surface area (Å²) in [5.41, 5.74) is -2.82. The first kappa shape index (κ1) is 27.6. The Morgan fingerprint density at radius 2 is 1.86 bits per heavy atom. The molecule has 3 saturated carbocycles. The van der Waals surface area contributed by atoms with Gasteiger partial charge in [0, 0.05) is 24.2 Å². The molecule has 3 fully saturated rings. The molecule has 8 atom stereocenters. The third-order valence-corrected chi connectivity index (χ3v) is 10.0. The van der Waals surface area contributed by atoms with Crippen molar-refractivity contribution in [2.75, 3.05) is 7.11 Å². The van der Waals surface area contributed by atoms with Crippen LogP contribution in [0.4, 0.5) is 13.2 Å². The molecule has 0 aliphatic heterocycles. The number of halogens is 3. The topological polar surface area (TPSA) is 127 Å². The van der Waals surface area contributed by atoms with Crippen LogP contribution in [-0.2, 0) is 28.7 Å².